The van der Waals surface area contributed by atoms with Crippen molar-refractivity contribution in [1.82, 2.24) is 4.98 Å². The first-order valence-corrected chi connectivity index (χ1v) is 8.74. The molecule has 0 aliphatic carbocycles. The highest BCUT2D eigenvalue weighted by atomic mass is 16.7. The van der Waals surface area contributed by atoms with Crippen LogP contribution in [0, 0.1) is 0 Å². The van der Waals surface area contributed by atoms with Crippen LogP contribution in [-0.4, -0.2) is 23.3 Å². The van der Waals surface area contributed by atoms with Gasteiger partial charge in [-0.1, -0.05) is 24.8 Å². The van der Waals surface area contributed by atoms with Crippen molar-refractivity contribution in [3.8, 4) is 0 Å². The Labute approximate surface area is 155 Å². The molecule has 5 nitrogen and oxygen atoms in total. The Kier molecular flexibility index (Phi) is 4.82. The van der Waals surface area contributed by atoms with E-state index in [1.54, 1.807) is 6.08 Å². The largest absolute Gasteiger partial charge is 0.494 e. The van der Waals surface area contributed by atoms with Gasteiger partial charge in [0.2, 0.25) is 0 Å². The summed E-state index contributed by atoms with van der Waals surface area (Å²) in [5.74, 6) is 0.679. The fraction of sp³-hybridized carbons (Fsp3) is 0.350. The van der Waals surface area contributed by atoms with Gasteiger partial charge in [0.15, 0.2) is 5.76 Å². The van der Waals surface area contributed by atoms with Crippen LogP contribution in [0.2, 0.25) is 0 Å². The van der Waals surface area contributed by atoms with Gasteiger partial charge in [0.1, 0.15) is 5.69 Å². The predicted molar refractivity (Wildman–Crippen MR) is 107 cm³/mol. The average molecular weight is 352 g/mol. The molecule has 1 aromatic heterocycles. The molecule has 1 aromatic carbocycles. The van der Waals surface area contributed by atoms with E-state index in [0.717, 1.165) is 11.2 Å². The quantitative estimate of drug-likeness (QED) is 0.809. The lowest BCUT2D eigenvalue weighted by molar-refractivity contribution is 0.00578. The van der Waals surface area contributed by atoms with Crippen LogP contribution in [0.15, 0.2) is 41.3 Å². The van der Waals surface area contributed by atoms with Gasteiger partial charge in [-0.25, -0.2) is 0 Å². The first-order chi connectivity index (χ1) is 12.3. The summed E-state index contributed by atoms with van der Waals surface area (Å²) in [6, 6.07) is 8.29. The van der Waals surface area contributed by atoms with E-state index in [9.17, 15) is 0 Å². The Morgan fingerprint density at radius 3 is 2.23 bits per heavy atom. The molecule has 0 saturated carbocycles. The Morgan fingerprint density at radius 2 is 1.69 bits per heavy atom. The maximum atomic E-state index is 6.08. The summed E-state index contributed by atoms with van der Waals surface area (Å²) in [6.45, 7) is 13.9. The Bertz CT molecular complexity index is 806. The first-order valence-electron chi connectivity index (χ1n) is 8.74. The third kappa shape index (κ3) is 3.48. The monoisotopic (exact) mass is 352 g/mol. The van der Waals surface area contributed by atoms with Crippen LogP contribution in [0.5, 0.6) is 0 Å². The van der Waals surface area contributed by atoms with Gasteiger partial charge < -0.3 is 19.0 Å². The molecular formula is C20H25BN2O3. The van der Waals surface area contributed by atoms with Crippen LogP contribution < -0.4 is 10.8 Å². The minimum atomic E-state index is -0.371. The third-order valence-corrected chi connectivity index (χ3v) is 4.88. The lowest BCUT2D eigenvalue weighted by Gasteiger charge is -2.32. The number of rotatable bonds is 5. The maximum Gasteiger partial charge on any atom is 0.494 e. The number of aromatic nitrogens is 1. The van der Waals surface area contributed by atoms with Crippen LogP contribution in [-0.2, 0) is 9.31 Å². The van der Waals surface area contributed by atoms with E-state index in [1.165, 1.54) is 0 Å². The summed E-state index contributed by atoms with van der Waals surface area (Å²) in [5.41, 5.74) is 1.85. The zero-order chi connectivity index (χ0) is 18.9. The highest BCUT2D eigenvalue weighted by molar-refractivity contribution is 6.62. The Balaban J connectivity index is 1.74. The summed E-state index contributed by atoms with van der Waals surface area (Å²) in [5, 5.41) is 3.17. The second-order valence-electron chi connectivity index (χ2n) is 7.31. The molecule has 0 unspecified atom stereocenters. The highest BCUT2D eigenvalue weighted by Crippen LogP contribution is 2.36. The first kappa shape index (κ1) is 18.5. The molecule has 1 N–H and O–H groups in total. The van der Waals surface area contributed by atoms with Crippen molar-refractivity contribution in [2.24, 2.45) is 0 Å². The molecule has 26 heavy (non-hydrogen) atoms. The molecule has 0 amide bonds. The lowest BCUT2D eigenvalue weighted by Crippen LogP contribution is -2.41. The number of nitrogens with one attached hydrogen (secondary N) is 1. The van der Waals surface area contributed by atoms with Gasteiger partial charge in [0, 0.05) is 5.69 Å². The number of allylic oxidation sites excluding steroid dienone is 1. The van der Waals surface area contributed by atoms with E-state index in [-0.39, 0.29) is 18.3 Å². The zero-order valence-electron chi connectivity index (χ0n) is 16.0. The summed E-state index contributed by atoms with van der Waals surface area (Å²) in [4.78, 5) is 4.38. The molecule has 6 heteroatoms. The van der Waals surface area contributed by atoms with Gasteiger partial charge in [-0.15, -0.1) is 0 Å². The molecule has 0 spiro atoms. The summed E-state index contributed by atoms with van der Waals surface area (Å²) < 4.78 is 17.9. The van der Waals surface area contributed by atoms with Gasteiger partial charge in [-0.05, 0) is 64.4 Å². The fourth-order valence-electron chi connectivity index (χ4n) is 2.64. The molecule has 0 radical (unpaired) electrons. The van der Waals surface area contributed by atoms with E-state index in [2.05, 4.69) is 16.9 Å². The second-order valence-corrected chi connectivity index (χ2v) is 7.31. The average Bonchev–Trinajstić information content (AvgIpc) is 3.05. The van der Waals surface area contributed by atoms with Gasteiger partial charge in [-0.3, -0.25) is 0 Å². The standard InChI is InChI=1S/C20H25BN2O3/c1-7-9-17-16(8-2)23-18(24-17)22-15-12-10-14(11-13-15)21-25-19(3,4)20(5,6)26-21/h7-13H,2H2,1,3-6H3,(H,22,23)/b9-7-. The molecule has 0 bridgehead atoms. The lowest BCUT2D eigenvalue weighted by atomic mass is 9.79. The summed E-state index contributed by atoms with van der Waals surface area (Å²) in [7, 11) is -0.371. The van der Waals surface area contributed by atoms with E-state index < -0.39 is 0 Å². The van der Waals surface area contributed by atoms with Crippen molar-refractivity contribution in [3.05, 3.63) is 48.4 Å². The van der Waals surface area contributed by atoms with E-state index >= 15 is 0 Å². The molecule has 2 aromatic rings. The van der Waals surface area contributed by atoms with Crippen LogP contribution >= 0.6 is 0 Å². The number of hydrogen-bond donors (Lipinski definition) is 1. The molecule has 1 saturated heterocycles. The highest BCUT2D eigenvalue weighted by Gasteiger charge is 2.51. The number of anilines is 2. The molecule has 136 valence electrons. The van der Waals surface area contributed by atoms with E-state index in [1.807, 2.05) is 71.0 Å². The number of nitrogens with zero attached hydrogens (tertiary/aromatic N) is 1. The molecule has 1 aliphatic heterocycles. The summed E-state index contributed by atoms with van der Waals surface area (Å²) >= 11 is 0. The normalized spacial score (nSPS) is 18.4. The van der Waals surface area contributed by atoms with E-state index in [4.69, 9.17) is 13.7 Å². The van der Waals surface area contributed by atoms with Crippen molar-refractivity contribution in [1.29, 1.82) is 0 Å². The van der Waals surface area contributed by atoms with Gasteiger partial charge in [0.25, 0.3) is 6.01 Å². The minimum Gasteiger partial charge on any atom is -0.423 e. The molecular weight excluding hydrogens is 327 g/mol. The van der Waals surface area contributed by atoms with Crippen molar-refractivity contribution in [2.45, 2.75) is 45.8 Å². The van der Waals surface area contributed by atoms with Crippen LogP contribution in [0.25, 0.3) is 12.2 Å². The van der Waals surface area contributed by atoms with Gasteiger partial charge in [-0.2, -0.15) is 4.98 Å². The molecule has 1 aliphatic rings. The van der Waals surface area contributed by atoms with Crippen LogP contribution in [0.1, 0.15) is 46.1 Å². The third-order valence-electron chi connectivity index (χ3n) is 4.88. The van der Waals surface area contributed by atoms with Crippen molar-refractivity contribution >= 4 is 36.4 Å². The van der Waals surface area contributed by atoms with Crippen LogP contribution in [0.4, 0.5) is 11.7 Å². The Hall–Kier alpha value is -2.31. The number of hydrogen-bond acceptors (Lipinski definition) is 5. The van der Waals surface area contributed by atoms with Crippen molar-refractivity contribution in [3.63, 3.8) is 0 Å². The predicted octanol–water partition coefficient (Wildman–Crippen LogP) is 4.39. The SMILES string of the molecule is C=Cc1nc(Nc2ccc(B3OC(C)(C)C(C)(C)O3)cc2)oc1/C=C\C. The van der Waals surface area contributed by atoms with Gasteiger partial charge >= 0.3 is 7.12 Å². The maximum absolute atomic E-state index is 6.08. The smallest absolute Gasteiger partial charge is 0.423 e. The van der Waals surface area contributed by atoms with Crippen molar-refractivity contribution in [2.75, 3.05) is 5.32 Å². The second kappa shape index (κ2) is 6.78. The molecule has 1 fully saturated rings. The number of oxazole rings is 1. The molecule has 0 atom stereocenters. The Morgan fingerprint density at radius 1 is 1.08 bits per heavy atom. The molecule has 3 rings (SSSR count). The number of benzene rings is 1. The molecule has 2 heterocycles. The fourth-order valence-corrected chi connectivity index (χ4v) is 2.64. The topological polar surface area (TPSA) is 56.5 Å². The summed E-state index contributed by atoms with van der Waals surface area (Å²) in [6.07, 6.45) is 5.43. The van der Waals surface area contributed by atoms with Crippen molar-refractivity contribution < 1.29 is 13.7 Å². The van der Waals surface area contributed by atoms with E-state index in [0.29, 0.717) is 17.5 Å². The zero-order valence-corrected chi connectivity index (χ0v) is 16.0. The van der Waals surface area contributed by atoms with Crippen LogP contribution in [0.3, 0.4) is 0 Å². The minimum absolute atomic E-state index is 0.350. The van der Waals surface area contributed by atoms with Gasteiger partial charge in [0.05, 0.1) is 11.2 Å².